The number of hydrogen-bond acceptors (Lipinski definition) is 5. The number of nitrogens with zero attached hydrogens (tertiary/aromatic N) is 1. The summed E-state index contributed by atoms with van der Waals surface area (Å²) >= 11 is 1.98. The van der Waals surface area contributed by atoms with E-state index in [-0.39, 0.29) is 10.5 Å². The molecule has 8 heteroatoms. The number of nitrogens with one attached hydrogen (secondary N) is 1. The molecule has 2 heterocycles. The first-order valence-corrected chi connectivity index (χ1v) is 7.67. The summed E-state index contributed by atoms with van der Waals surface area (Å²) < 4.78 is 6.40. The zero-order valence-corrected chi connectivity index (χ0v) is 13.1. The van der Waals surface area contributed by atoms with Gasteiger partial charge in [-0.05, 0) is 6.42 Å². The van der Waals surface area contributed by atoms with E-state index in [4.69, 9.17) is 9.84 Å². The second kappa shape index (κ2) is 6.37. The van der Waals surface area contributed by atoms with Gasteiger partial charge in [0.15, 0.2) is 6.23 Å². The Balaban J connectivity index is 2.40. The number of aromatic amines is 1. The molecule has 1 aliphatic heterocycles. The quantitative estimate of drug-likeness (QED) is 0.472. The first kappa shape index (κ1) is 15.7. The van der Waals surface area contributed by atoms with Gasteiger partial charge in [-0.2, -0.15) is 0 Å². The lowest BCUT2D eigenvalue weighted by Crippen LogP contribution is -2.36. The third kappa shape index (κ3) is 2.83. The minimum atomic E-state index is -0.862. The number of aromatic nitrogens is 2. The summed E-state index contributed by atoms with van der Waals surface area (Å²) in [5.41, 5.74) is -0.469. The Kier molecular flexibility index (Phi) is 4.99. The maximum Gasteiger partial charge on any atom is 0.330 e. The van der Waals surface area contributed by atoms with E-state index in [1.165, 1.54) is 10.8 Å². The number of alkyl halides is 1. The molecule has 2 unspecified atom stereocenters. The fourth-order valence-corrected chi connectivity index (χ4v) is 3.22. The molecular weight excluding hydrogens is 379 g/mol. The second-order valence-corrected chi connectivity index (χ2v) is 6.19. The van der Waals surface area contributed by atoms with Crippen LogP contribution in [0.4, 0.5) is 0 Å². The number of aliphatic hydroxyl groups is 2. The number of aryl methyl sites for hydroxylation is 1. The van der Waals surface area contributed by atoms with Gasteiger partial charge in [-0.1, -0.05) is 35.9 Å². The van der Waals surface area contributed by atoms with Crippen molar-refractivity contribution in [3.05, 3.63) is 32.6 Å². The Morgan fingerprint density at radius 1 is 1.50 bits per heavy atom. The number of halogens is 1. The van der Waals surface area contributed by atoms with Gasteiger partial charge in [0, 0.05) is 11.8 Å². The summed E-state index contributed by atoms with van der Waals surface area (Å²) in [7, 11) is 0. The van der Waals surface area contributed by atoms with Crippen molar-refractivity contribution in [2.75, 3.05) is 6.61 Å². The predicted molar refractivity (Wildman–Crippen MR) is 80.1 cm³/mol. The van der Waals surface area contributed by atoms with Crippen LogP contribution in [0.3, 0.4) is 0 Å². The van der Waals surface area contributed by atoms with Crippen molar-refractivity contribution >= 4 is 22.6 Å². The maximum absolute atomic E-state index is 11.9. The normalized spacial score (nSPS) is 29.8. The first-order valence-electron chi connectivity index (χ1n) is 6.42. The number of hydrogen-bond donors (Lipinski definition) is 3. The van der Waals surface area contributed by atoms with Gasteiger partial charge in [0.05, 0.1) is 16.6 Å². The number of ether oxygens (including phenoxy) is 1. The van der Waals surface area contributed by atoms with Gasteiger partial charge in [0.1, 0.15) is 6.10 Å². The molecule has 20 heavy (non-hydrogen) atoms. The maximum atomic E-state index is 11.9. The molecule has 4 atom stereocenters. The van der Waals surface area contributed by atoms with Crippen LogP contribution in [-0.2, 0) is 11.2 Å². The standard InChI is InChI=1S/C12H17IN2O5/c1-2-3-6-4-15(12(19)14-10(6)18)11-8(13)9(17)7(5-16)20-11/h4,7-9,11,16-17H,2-3,5H2,1H3,(H,14,18,19)/t7-,8?,9?,11-/m0/s1. The zero-order chi connectivity index (χ0) is 14.9. The molecule has 1 aromatic rings. The van der Waals surface area contributed by atoms with Crippen molar-refractivity contribution in [3.63, 3.8) is 0 Å². The van der Waals surface area contributed by atoms with E-state index in [0.29, 0.717) is 12.0 Å². The zero-order valence-electron chi connectivity index (χ0n) is 11.0. The summed E-state index contributed by atoms with van der Waals surface area (Å²) in [5, 5.41) is 19.1. The number of H-pyrrole nitrogens is 1. The van der Waals surface area contributed by atoms with Gasteiger partial charge in [-0.3, -0.25) is 14.3 Å². The Hall–Kier alpha value is -0.710. The lowest BCUT2D eigenvalue weighted by molar-refractivity contribution is -0.0456. The lowest BCUT2D eigenvalue weighted by atomic mass is 10.2. The summed E-state index contributed by atoms with van der Waals surface area (Å²) in [6.45, 7) is 1.62. The van der Waals surface area contributed by atoms with Gasteiger partial charge in [-0.15, -0.1) is 0 Å². The van der Waals surface area contributed by atoms with Crippen molar-refractivity contribution in [2.45, 2.75) is 42.1 Å². The van der Waals surface area contributed by atoms with E-state index in [2.05, 4.69) is 4.98 Å². The van der Waals surface area contributed by atoms with Gasteiger partial charge in [0.25, 0.3) is 5.56 Å². The summed E-state index contributed by atoms with van der Waals surface area (Å²) in [6.07, 6.45) is 0.521. The van der Waals surface area contributed by atoms with Gasteiger partial charge in [0.2, 0.25) is 0 Å². The highest BCUT2D eigenvalue weighted by Crippen LogP contribution is 2.33. The molecular formula is C12H17IN2O5. The third-order valence-electron chi connectivity index (χ3n) is 3.31. The molecule has 0 radical (unpaired) electrons. The molecule has 3 N–H and O–H groups in total. The summed E-state index contributed by atoms with van der Waals surface area (Å²) in [5.74, 6) is 0. The third-order valence-corrected chi connectivity index (χ3v) is 4.66. The molecule has 0 bridgehead atoms. The van der Waals surface area contributed by atoms with Crippen molar-refractivity contribution in [2.24, 2.45) is 0 Å². The van der Waals surface area contributed by atoms with Crippen LogP contribution in [0.15, 0.2) is 15.8 Å². The fourth-order valence-electron chi connectivity index (χ4n) is 2.24. The van der Waals surface area contributed by atoms with E-state index in [0.717, 1.165) is 6.42 Å². The average molecular weight is 396 g/mol. The predicted octanol–water partition coefficient (Wildman–Crippen LogP) is -0.457. The van der Waals surface area contributed by atoms with Crippen LogP contribution in [0.5, 0.6) is 0 Å². The molecule has 0 spiro atoms. The van der Waals surface area contributed by atoms with E-state index < -0.39 is 29.7 Å². The number of rotatable bonds is 4. The molecule has 1 fully saturated rings. The molecule has 1 aromatic heterocycles. The molecule has 0 amide bonds. The SMILES string of the molecule is CCCc1cn([C@H]2O[C@@H](CO)C(O)C2I)c(=O)[nH]c1=O. The smallest absolute Gasteiger partial charge is 0.330 e. The van der Waals surface area contributed by atoms with Gasteiger partial charge in [-0.25, -0.2) is 4.79 Å². The Bertz CT molecular complexity index is 584. The molecule has 0 saturated carbocycles. The van der Waals surface area contributed by atoms with E-state index >= 15 is 0 Å². The minimum absolute atomic E-state index is 0.322. The largest absolute Gasteiger partial charge is 0.394 e. The molecule has 7 nitrogen and oxygen atoms in total. The van der Waals surface area contributed by atoms with Gasteiger partial charge >= 0.3 is 5.69 Å². The van der Waals surface area contributed by atoms with Crippen LogP contribution in [0.1, 0.15) is 25.1 Å². The van der Waals surface area contributed by atoms with E-state index in [1.807, 2.05) is 29.5 Å². The lowest BCUT2D eigenvalue weighted by Gasteiger charge is -2.17. The topological polar surface area (TPSA) is 105 Å². The molecule has 1 aliphatic rings. The van der Waals surface area contributed by atoms with Gasteiger partial charge < -0.3 is 14.9 Å². The van der Waals surface area contributed by atoms with E-state index in [9.17, 15) is 14.7 Å². The molecule has 0 aromatic carbocycles. The highest BCUT2D eigenvalue weighted by atomic mass is 127. The Morgan fingerprint density at radius 3 is 2.75 bits per heavy atom. The molecule has 2 rings (SSSR count). The van der Waals surface area contributed by atoms with Crippen molar-refractivity contribution in [1.82, 2.24) is 9.55 Å². The van der Waals surface area contributed by atoms with Crippen LogP contribution in [0.2, 0.25) is 0 Å². The van der Waals surface area contributed by atoms with Crippen LogP contribution < -0.4 is 11.2 Å². The average Bonchev–Trinajstić information content (AvgIpc) is 2.70. The Morgan fingerprint density at radius 2 is 2.20 bits per heavy atom. The van der Waals surface area contributed by atoms with E-state index in [1.54, 1.807) is 0 Å². The molecule has 0 aliphatic carbocycles. The van der Waals surface area contributed by atoms with Crippen molar-refractivity contribution < 1.29 is 14.9 Å². The highest BCUT2D eigenvalue weighted by Gasteiger charge is 2.43. The fraction of sp³-hybridized carbons (Fsp3) is 0.667. The molecule has 1 saturated heterocycles. The van der Waals surface area contributed by atoms with Crippen LogP contribution in [0, 0.1) is 0 Å². The van der Waals surface area contributed by atoms with Crippen molar-refractivity contribution in [3.8, 4) is 0 Å². The minimum Gasteiger partial charge on any atom is -0.394 e. The van der Waals surface area contributed by atoms with Crippen LogP contribution in [-0.4, -0.2) is 42.5 Å². The number of aliphatic hydroxyl groups excluding tert-OH is 2. The van der Waals surface area contributed by atoms with Crippen LogP contribution in [0.25, 0.3) is 0 Å². The molecule has 112 valence electrons. The monoisotopic (exact) mass is 396 g/mol. The Labute approximate surface area is 128 Å². The first-order chi connectivity index (χ1) is 9.49. The second-order valence-electron chi connectivity index (χ2n) is 4.75. The van der Waals surface area contributed by atoms with Crippen molar-refractivity contribution in [1.29, 1.82) is 0 Å². The summed E-state index contributed by atoms with van der Waals surface area (Å²) in [4.78, 5) is 25.8. The highest BCUT2D eigenvalue weighted by molar-refractivity contribution is 14.1. The summed E-state index contributed by atoms with van der Waals surface area (Å²) in [6, 6.07) is 0. The van der Waals surface area contributed by atoms with Crippen LogP contribution >= 0.6 is 22.6 Å².